The molecule has 3 aromatic rings. The highest BCUT2D eigenvalue weighted by Gasteiger charge is 2.26. The van der Waals surface area contributed by atoms with E-state index in [1.165, 1.54) is 4.31 Å². The fourth-order valence-corrected chi connectivity index (χ4v) is 5.44. The summed E-state index contributed by atoms with van der Waals surface area (Å²) < 4.78 is 39.2. The van der Waals surface area contributed by atoms with Crippen molar-refractivity contribution in [2.75, 3.05) is 13.2 Å². The highest BCUT2D eigenvalue weighted by molar-refractivity contribution is 7.89. The summed E-state index contributed by atoms with van der Waals surface area (Å²) in [6, 6.07) is 9.19. The number of hydrogen-bond acceptors (Lipinski definition) is 5. The molecule has 0 unspecified atom stereocenters. The Labute approximate surface area is 170 Å². The van der Waals surface area contributed by atoms with Crippen molar-refractivity contribution in [1.82, 2.24) is 4.31 Å². The van der Waals surface area contributed by atoms with Crippen molar-refractivity contribution in [1.29, 1.82) is 0 Å². The second kappa shape index (κ2) is 8.94. The van der Waals surface area contributed by atoms with Gasteiger partial charge in [-0.1, -0.05) is 6.07 Å². The summed E-state index contributed by atoms with van der Waals surface area (Å²) in [5.41, 5.74) is 2.47. The third-order valence-electron chi connectivity index (χ3n) is 4.49. The van der Waals surface area contributed by atoms with Gasteiger partial charge in [-0.15, -0.1) is 11.3 Å². The minimum Gasteiger partial charge on any atom is -0.493 e. The summed E-state index contributed by atoms with van der Waals surface area (Å²) in [6.07, 6.45) is 3.82. The molecule has 0 saturated heterocycles. The Morgan fingerprint density at radius 3 is 2.50 bits per heavy atom. The first kappa shape index (κ1) is 20.6. The summed E-state index contributed by atoms with van der Waals surface area (Å²) >= 11 is 1.64. The quantitative estimate of drug-likeness (QED) is 0.500. The third-order valence-corrected chi connectivity index (χ3v) is 7.25. The van der Waals surface area contributed by atoms with E-state index >= 15 is 0 Å². The van der Waals surface area contributed by atoms with Crippen LogP contribution in [0, 0.1) is 13.8 Å². The summed E-state index contributed by atoms with van der Waals surface area (Å²) in [6.45, 7) is 6.89. The number of hydrogen-bond donors (Lipinski definition) is 0. The van der Waals surface area contributed by atoms with E-state index in [1.54, 1.807) is 42.1 Å². The summed E-state index contributed by atoms with van der Waals surface area (Å²) in [4.78, 5) is 1.45. The van der Waals surface area contributed by atoms with Gasteiger partial charge in [0.2, 0.25) is 10.0 Å². The largest absolute Gasteiger partial charge is 0.493 e. The van der Waals surface area contributed by atoms with E-state index in [9.17, 15) is 8.42 Å². The van der Waals surface area contributed by atoms with Gasteiger partial charge in [0.05, 0.1) is 24.0 Å². The van der Waals surface area contributed by atoms with Gasteiger partial charge in [0.25, 0.3) is 0 Å². The van der Waals surface area contributed by atoms with Crippen molar-refractivity contribution >= 4 is 21.4 Å². The lowest BCUT2D eigenvalue weighted by molar-refractivity contribution is 0.335. The molecule has 0 atom stereocenters. The lowest BCUT2D eigenvalue weighted by atomic mass is 10.1. The van der Waals surface area contributed by atoms with Crippen molar-refractivity contribution in [2.45, 2.75) is 38.6 Å². The highest BCUT2D eigenvalue weighted by Crippen LogP contribution is 2.29. The summed E-state index contributed by atoms with van der Waals surface area (Å²) in [5.74, 6) is 0.751. The molecule has 150 valence electrons. The molecule has 0 aliphatic carbocycles. The van der Waals surface area contributed by atoms with Gasteiger partial charge < -0.3 is 9.15 Å². The molecular weight excluding hydrogens is 394 g/mol. The maximum absolute atomic E-state index is 13.4. The number of nitrogens with zero attached hydrogens (tertiary/aromatic N) is 1. The van der Waals surface area contributed by atoms with Gasteiger partial charge in [0.1, 0.15) is 5.75 Å². The first-order chi connectivity index (χ1) is 13.4. The molecule has 0 radical (unpaired) electrons. The zero-order valence-electron chi connectivity index (χ0n) is 16.3. The Hall–Kier alpha value is -2.09. The van der Waals surface area contributed by atoms with Gasteiger partial charge in [-0.3, -0.25) is 0 Å². The first-order valence-corrected chi connectivity index (χ1v) is 11.5. The molecule has 2 aromatic heterocycles. The normalized spacial score (nSPS) is 11.9. The molecule has 0 N–H and O–H groups in total. The molecule has 1 aromatic carbocycles. The monoisotopic (exact) mass is 419 g/mol. The van der Waals surface area contributed by atoms with Crippen LogP contribution in [0.5, 0.6) is 5.75 Å². The first-order valence-electron chi connectivity index (χ1n) is 9.19. The predicted molar refractivity (Wildman–Crippen MR) is 111 cm³/mol. The van der Waals surface area contributed by atoms with Crippen molar-refractivity contribution in [3.63, 3.8) is 0 Å². The van der Waals surface area contributed by atoms with Crippen LogP contribution < -0.4 is 4.74 Å². The maximum atomic E-state index is 13.4. The van der Waals surface area contributed by atoms with Crippen molar-refractivity contribution in [3.05, 3.63) is 69.8 Å². The second-order valence-corrected chi connectivity index (χ2v) is 9.59. The van der Waals surface area contributed by atoms with E-state index < -0.39 is 10.0 Å². The van der Waals surface area contributed by atoms with E-state index in [4.69, 9.17) is 9.15 Å². The lowest BCUT2D eigenvalue weighted by Gasteiger charge is -2.23. The smallest absolute Gasteiger partial charge is 0.243 e. The van der Waals surface area contributed by atoms with Gasteiger partial charge in [-0.2, -0.15) is 4.31 Å². The van der Waals surface area contributed by atoms with Crippen LogP contribution in [0.3, 0.4) is 0 Å². The molecule has 0 saturated carbocycles. The van der Waals surface area contributed by atoms with Gasteiger partial charge in [-0.05, 0) is 68.0 Å². The number of furan rings is 1. The van der Waals surface area contributed by atoms with E-state index in [1.807, 2.05) is 38.3 Å². The maximum Gasteiger partial charge on any atom is 0.243 e. The third kappa shape index (κ3) is 4.66. The molecule has 0 amide bonds. The fourth-order valence-electron chi connectivity index (χ4n) is 3.14. The van der Waals surface area contributed by atoms with Gasteiger partial charge in [-0.25, -0.2) is 8.42 Å². The Bertz CT molecular complexity index is 970. The Balaban J connectivity index is 1.92. The topological polar surface area (TPSA) is 59.8 Å². The fraction of sp³-hybridized carbons (Fsp3) is 0.333. The molecule has 0 aliphatic rings. The van der Waals surface area contributed by atoms with Gasteiger partial charge >= 0.3 is 0 Å². The van der Waals surface area contributed by atoms with E-state index in [2.05, 4.69) is 0 Å². The number of sulfonamides is 1. The summed E-state index contributed by atoms with van der Waals surface area (Å²) in [7, 11) is -3.67. The summed E-state index contributed by atoms with van der Waals surface area (Å²) in [5, 5.41) is 2.00. The van der Waals surface area contributed by atoms with Crippen LogP contribution in [0.2, 0.25) is 0 Å². The van der Waals surface area contributed by atoms with Crippen LogP contribution in [0.25, 0.3) is 0 Å². The average molecular weight is 420 g/mol. The number of benzene rings is 1. The minimum absolute atomic E-state index is 0.273. The van der Waals surface area contributed by atoms with Crippen LogP contribution in [-0.4, -0.2) is 25.9 Å². The Kier molecular flexibility index (Phi) is 6.59. The molecule has 0 bridgehead atoms. The molecule has 2 heterocycles. The van der Waals surface area contributed by atoms with Crippen molar-refractivity contribution in [2.24, 2.45) is 0 Å². The van der Waals surface area contributed by atoms with Crippen molar-refractivity contribution < 1.29 is 17.6 Å². The molecule has 5 nitrogen and oxygen atoms in total. The number of thiophene rings is 1. The lowest BCUT2D eigenvalue weighted by Crippen LogP contribution is -2.32. The molecule has 7 heteroatoms. The number of ether oxygens (including phenoxy) is 1. The standard InChI is InChI=1S/C21H25NO4S2/c1-4-26-21-16(2)12-20(13-17(21)3)28(23,24)22(14-18-8-10-25-15-18)9-7-19-6-5-11-27-19/h5-6,8,10-13,15H,4,7,9,14H2,1-3H3. The predicted octanol–water partition coefficient (Wildman–Crippen LogP) is 4.79. The average Bonchev–Trinajstić information content (AvgIpc) is 3.35. The Morgan fingerprint density at radius 2 is 1.93 bits per heavy atom. The van der Waals surface area contributed by atoms with Crippen molar-refractivity contribution in [3.8, 4) is 5.75 Å². The molecule has 0 aliphatic heterocycles. The molecule has 28 heavy (non-hydrogen) atoms. The van der Waals surface area contributed by atoms with E-state index in [-0.39, 0.29) is 6.54 Å². The van der Waals surface area contributed by atoms with Gasteiger partial charge in [0, 0.05) is 23.5 Å². The van der Waals surface area contributed by atoms with Crippen LogP contribution in [0.4, 0.5) is 0 Å². The zero-order valence-corrected chi connectivity index (χ0v) is 18.0. The zero-order chi connectivity index (χ0) is 20.1. The molecule has 3 rings (SSSR count). The number of aryl methyl sites for hydroxylation is 2. The van der Waals surface area contributed by atoms with E-state index in [0.717, 1.165) is 27.3 Å². The molecular formula is C21H25NO4S2. The Morgan fingerprint density at radius 1 is 1.18 bits per heavy atom. The molecule has 0 spiro atoms. The van der Waals surface area contributed by atoms with Crippen LogP contribution in [0.1, 0.15) is 28.5 Å². The van der Waals surface area contributed by atoms with Gasteiger partial charge in [0.15, 0.2) is 0 Å². The highest BCUT2D eigenvalue weighted by atomic mass is 32.2. The second-order valence-electron chi connectivity index (χ2n) is 6.62. The SMILES string of the molecule is CCOc1c(C)cc(S(=O)(=O)N(CCc2cccs2)Cc2ccoc2)cc1C. The van der Waals surface area contributed by atoms with Crippen LogP contribution in [0.15, 0.2) is 57.6 Å². The van der Waals surface area contributed by atoms with Crippen LogP contribution >= 0.6 is 11.3 Å². The molecule has 0 fully saturated rings. The minimum atomic E-state index is -3.67. The number of rotatable bonds is 9. The van der Waals surface area contributed by atoms with E-state index in [0.29, 0.717) is 24.5 Å². The van der Waals surface area contributed by atoms with Crippen LogP contribution in [-0.2, 0) is 23.0 Å².